The lowest BCUT2D eigenvalue weighted by molar-refractivity contribution is 0.271. The zero-order chi connectivity index (χ0) is 14.1. The topological polar surface area (TPSA) is 57.4 Å². The second-order valence-electron chi connectivity index (χ2n) is 4.86. The number of nitrogens with one attached hydrogen (secondary N) is 1. The van der Waals surface area contributed by atoms with E-state index in [2.05, 4.69) is 33.2 Å². The van der Waals surface area contributed by atoms with Gasteiger partial charge in [-0.2, -0.15) is 0 Å². The maximum atomic E-state index is 6.42. The first-order chi connectivity index (χ1) is 9.71. The summed E-state index contributed by atoms with van der Waals surface area (Å²) in [4.78, 5) is 9.18. The molecule has 0 spiro atoms. The number of nitrogen functional groups attached to an aromatic ring is 1. The van der Waals surface area contributed by atoms with Gasteiger partial charge >= 0.3 is 0 Å². The predicted molar refractivity (Wildman–Crippen MR) is 86.8 cm³/mol. The van der Waals surface area contributed by atoms with Gasteiger partial charge in [0.05, 0.1) is 20.9 Å². The highest BCUT2D eigenvalue weighted by Gasteiger charge is 2.19. The fourth-order valence-electron chi connectivity index (χ4n) is 2.55. The number of nitrogens with zero attached hydrogens (tertiary/aromatic N) is 3. The fraction of sp³-hybridized carbons (Fsp3) is 0.462. The molecule has 2 aromatic rings. The molecule has 3 rings (SSSR count). The molecule has 0 radical (unpaired) electrons. The molecular weight excluding hydrogens is 294 g/mol. The van der Waals surface area contributed by atoms with Crippen LogP contribution in [0.5, 0.6) is 0 Å². The Morgan fingerprint density at radius 2 is 2.10 bits per heavy atom. The van der Waals surface area contributed by atoms with Gasteiger partial charge in [0.15, 0.2) is 5.13 Å². The summed E-state index contributed by atoms with van der Waals surface area (Å²) in [6.07, 6.45) is 0. The van der Waals surface area contributed by atoms with Gasteiger partial charge in [-0.1, -0.05) is 29.9 Å². The van der Waals surface area contributed by atoms with Crippen LogP contribution >= 0.6 is 22.9 Å². The van der Waals surface area contributed by atoms with Crippen molar-refractivity contribution >= 4 is 44.0 Å². The molecule has 1 saturated heterocycles. The molecule has 1 fully saturated rings. The largest absolute Gasteiger partial charge is 0.368 e. The van der Waals surface area contributed by atoms with E-state index in [1.165, 1.54) is 0 Å². The highest BCUT2D eigenvalue weighted by atomic mass is 35.5. The van der Waals surface area contributed by atoms with Crippen LogP contribution in [0.3, 0.4) is 0 Å². The summed E-state index contributed by atoms with van der Waals surface area (Å²) in [6.45, 7) is 7.51. The van der Waals surface area contributed by atoms with E-state index in [9.17, 15) is 0 Å². The molecule has 0 unspecified atom stereocenters. The Hall–Kier alpha value is -1.08. The van der Waals surface area contributed by atoms with Crippen molar-refractivity contribution in [2.45, 2.75) is 6.92 Å². The highest BCUT2D eigenvalue weighted by Crippen LogP contribution is 2.35. The molecule has 0 saturated carbocycles. The summed E-state index contributed by atoms with van der Waals surface area (Å²) in [5.74, 6) is 5.41. The summed E-state index contributed by atoms with van der Waals surface area (Å²) in [5, 5.41) is 1.47. The van der Waals surface area contributed by atoms with Crippen LogP contribution in [0.15, 0.2) is 12.1 Å². The number of hydrogen-bond acceptors (Lipinski definition) is 6. The first-order valence-corrected chi connectivity index (χ1v) is 7.94. The number of thiazole rings is 1. The van der Waals surface area contributed by atoms with Gasteiger partial charge in [0.1, 0.15) is 0 Å². The fourth-order valence-corrected chi connectivity index (χ4v) is 3.62. The second kappa shape index (κ2) is 5.73. The monoisotopic (exact) mass is 311 g/mol. The van der Waals surface area contributed by atoms with Gasteiger partial charge in [-0.25, -0.2) is 10.8 Å². The third-order valence-corrected chi connectivity index (χ3v) is 4.99. The van der Waals surface area contributed by atoms with Gasteiger partial charge in [-0.05, 0) is 18.7 Å². The van der Waals surface area contributed by atoms with Crippen LogP contribution in [0.4, 0.5) is 10.8 Å². The normalized spacial score (nSPS) is 16.9. The maximum absolute atomic E-state index is 6.42. The summed E-state index contributed by atoms with van der Waals surface area (Å²) in [5.41, 5.74) is 4.58. The number of likely N-dealkylation sites (N-methyl/N-ethyl adjacent to an activating group) is 1. The molecule has 5 nitrogen and oxygen atoms in total. The molecule has 1 aliphatic heterocycles. The van der Waals surface area contributed by atoms with Crippen LogP contribution in [0, 0.1) is 0 Å². The van der Waals surface area contributed by atoms with E-state index in [0.29, 0.717) is 5.13 Å². The quantitative estimate of drug-likeness (QED) is 0.673. The molecule has 1 aromatic heterocycles. The number of benzene rings is 1. The first kappa shape index (κ1) is 13.9. The van der Waals surface area contributed by atoms with Crippen LogP contribution in [-0.4, -0.2) is 42.6 Å². The van der Waals surface area contributed by atoms with Crippen LogP contribution < -0.4 is 16.2 Å². The Kier molecular flexibility index (Phi) is 3.98. The SMILES string of the molecule is CCN1CCN(c2cc3sc(NN)nc3cc2Cl)CC1. The van der Waals surface area contributed by atoms with Crippen LogP contribution in [-0.2, 0) is 0 Å². The number of aromatic nitrogens is 1. The van der Waals surface area contributed by atoms with Crippen molar-refractivity contribution < 1.29 is 0 Å². The van der Waals surface area contributed by atoms with Gasteiger partial charge in [0.25, 0.3) is 0 Å². The molecule has 0 aliphatic carbocycles. The second-order valence-corrected chi connectivity index (χ2v) is 6.29. The maximum Gasteiger partial charge on any atom is 0.198 e. The smallest absolute Gasteiger partial charge is 0.198 e. The predicted octanol–water partition coefficient (Wildman–Crippen LogP) is 2.38. The molecule has 7 heteroatoms. The summed E-state index contributed by atoms with van der Waals surface area (Å²) >= 11 is 7.96. The minimum absolute atomic E-state index is 0.712. The van der Waals surface area contributed by atoms with E-state index in [1.54, 1.807) is 11.3 Å². The van der Waals surface area contributed by atoms with Crippen molar-refractivity contribution in [1.82, 2.24) is 9.88 Å². The Labute approximate surface area is 127 Å². The van der Waals surface area contributed by atoms with E-state index in [0.717, 1.165) is 53.7 Å². The van der Waals surface area contributed by atoms with Crippen LogP contribution in [0.2, 0.25) is 5.02 Å². The van der Waals surface area contributed by atoms with Gasteiger partial charge in [0.2, 0.25) is 0 Å². The Balaban J connectivity index is 1.89. The van der Waals surface area contributed by atoms with E-state index in [1.807, 2.05) is 6.07 Å². The zero-order valence-corrected chi connectivity index (χ0v) is 13.0. The Morgan fingerprint density at radius 1 is 1.35 bits per heavy atom. The number of rotatable bonds is 3. The molecule has 1 aromatic carbocycles. The third-order valence-electron chi connectivity index (χ3n) is 3.74. The molecule has 0 amide bonds. The lowest BCUT2D eigenvalue weighted by atomic mass is 10.2. The molecule has 0 bridgehead atoms. The van der Waals surface area contributed by atoms with E-state index >= 15 is 0 Å². The van der Waals surface area contributed by atoms with Crippen molar-refractivity contribution in [1.29, 1.82) is 0 Å². The minimum Gasteiger partial charge on any atom is -0.368 e. The van der Waals surface area contributed by atoms with E-state index in [4.69, 9.17) is 17.4 Å². The number of halogens is 1. The molecule has 2 heterocycles. The number of anilines is 2. The van der Waals surface area contributed by atoms with Crippen molar-refractivity contribution in [2.24, 2.45) is 5.84 Å². The van der Waals surface area contributed by atoms with E-state index in [-0.39, 0.29) is 0 Å². The Morgan fingerprint density at radius 3 is 2.75 bits per heavy atom. The lowest BCUT2D eigenvalue weighted by Crippen LogP contribution is -2.46. The molecule has 108 valence electrons. The average molecular weight is 312 g/mol. The van der Waals surface area contributed by atoms with Crippen molar-refractivity contribution in [3.8, 4) is 0 Å². The molecular formula is C13H18ClN5S. The summed E-state index contributed by atoms with van der Waals surface area (Å²) in [6, 6.07) is 4.05. The molecule has 20 heavy (non-hydrogen) atoms. The summed E-state index contributed by atoms with van der Waals surface area (Å²) in [7, 11) is 0. The van der Waals surface area contributed by atoms with E-state index < -0.39 is 0 Å². The molecule has 1 aliphatic rings. The third kappa shape index (κ3) is 2.56. The van der Waals surface area contributed by atoms with Crippen molar-refractivity contribution in [2.75, 3.05) is 43.0 Å². The number of fused-ring (bicyclic) bond motifs is 1. The lowest BCUT2D eigenvalue weighted by Gasteiger charge is -2.35. The van der Waals surface area contributed by atoms with Gasteiger partial charge < -0.3 is 9.80 Å². The van der Waals surface area contributed by atoms with Gasteiger partial charge in [-0.15, -0.1) is 0 Å². The van der Waals surface area contributed by atoms with Crippen molar-refractivity contribution in [3.05, 3.63) is 17.2 Å². The number of nitrogens with two attached hydrogens (primary N) is 1. The van der Waals surface area contributed by atoms with Crippen molar-refractivity contribution in [3.63, 3.8) is 0 Å². The zero-order valence-electron chi connectivity index (χ0n) is 11.4. The average Bonchev–Trinajstić information content (AvgIpc) is 2.88. The standard InChI is InChI=1S/C13H18ClN5S/c1-2-18-3-5-19(6-4-18)11-8-12-10(7-9(11)14)16-13(17-15)20-12/h7-8H,2-6,15H2,1H3,(H,16,17). The Bertz CT molecular complexity index is 606. The minimum atomic E-state index is 0.712. The highest BCUT2D eigenvalue weighted by molar-refractivity contribution is 7.22. The van der Waals surface area contributed by atoms with Crippen LogP contribution in [0.1, 0.15) is 6.92 Å². The summed E-state index contributed by atoms with van der Waals surface area (Å²) < 4.78 is 1.11. The number of piperazine rings is 1. The number of hydrogen-bond donors (Lipinski definition) is 2. The van der Waals surface area contributed by atoms with Crippen LogP contribution in [0.25, 0.3) is 10.2 Å². The molecule has 0 atom stereocenters. The van der Waals surface area contributed by atoms with Gasteiger partial charge in [0, 0.05) is 26.2 Å². The first-order valence-electron chi connectivity index (χ1n) is 6.75. The van der Waals surface area contributed by atoms with Gasteiger partial charge in [-0.3, -0.25) is 5.43 Å². The number of hydrazine groups is 1. The molecule has 3 N–H and O–H groups in total.